The van der Waals surface area contributed by atoms with Crippen molar-refractivity contribution in [2.24, 2.45) is 0 Å². The summed E-state index contributed by atoms with van der Waals surface area (Å²) in [5.41, 5.74) is 7.15. The number of carbonyl (C=O) groups excluding carboxylic acids is 1. The van der Waals surface area contributed by atoms with Gasteiger partial charge in [0.05, 0.1) is 16.9 Å². The van der Waals surface area contributed by atoms with Gasteiger partial charge in [-0.05, 0) is 53.8 Å². The van der Waals surface area contributed by atoms with E-state index in [2.05, 4.69) is 37.1 Å². The van der Waals surface area contributed by atoms with Crippen molar-refractivity contribution in [1.29, 1.82) is 0 Å². The molecule has 0 bridgehead atoms. The van der Waals surface area contributed by atoms with Crippen LogP contribution in [0.1, 0.15) is 46.9 Å². The van der Waals surface area contributed by atoms with Crippen molar-refractivity contribution in [3.63, 3.8) is 0 Å². The van der Waals surface area contributed by atoms with E-state index >= 15 is 0 Å². The molecule has 1 aromatic heterocycles. The van der Waals surface area contributed by atoms with Crippen LogP contribution in [0.5, 0.6) is 0 Å². The lowest BCUT2D eigenvalue weighted by Gasteiger charge is -2.15. The molecule has 2 aromatic carbocycles. The second-order valence-electron chi connectivity index (χ2n) is 6.78. The third-order valence-corrected chi connectivity index (χ3v) is 4.64. The Morgan fingerprint density at radius 1 is 1.08 bits per heavy atom. The van der Waals surface area contributed by atoms with E-state index in [1.54, 1.807) is 0 Å². The Balaban J connectivity index is 1.83. The molecule has 1 aliphatic heterocycles. The molecule has 126 valence electrons. The number of aromatic nitrogens is 2. The van der Waals surface area contributed by atoms with Crippen molar-refractivity contribution in [2.75, 3.05) is 0 Å². The van der Waals surface area contributed by atoms with Crippen molar-refractivity contribution in [2.45, 2.75) is 33.3 Å². The van der Waals surface area contributed by atoms with E-state index in [0.717, 1.165) is 28.1 Å². The number of ether oxygens (including phenoxy) is 1. The highest BCUT2D eigenvalue weighted by Gasteiger charge is 2.21. The molecule has 0 saturated heterocycles. The number of nitrogens with zero attached hydrogens (tertiary/aromatic N) is 2. The lowest BCUT2D eigenvalue weighted by atomic mass is 9.95. The van der Waals surface area contributed by atoms with Crippen LogP contribution < -0.4 is 0 Å². The lowest BCUT2D eigenvalue weighted by molar-refractivity contribution is 0.0535. The molecule has 0 radical (unpaired) electrons. The van der Waals surface area contributed by atoms with E-state index in [9.17, 15) is 4.79 Å². The van der Waals surface area contributed by atoms with Crippen LogP contribution >= 0.6 is 0 Å². The first-order valence-electron chi connectivity index (χ1n) is 8.50. The maximum Gasteiger partial charge on any atom is 0.338 e. The minimum atomic E-state index is -0.232. The molecule has 3 aromatic rings. The van der Waals surface area contributed by atoms with E-state index in [0.29, 0.717) is 18.1 Å². The molecule has 4 rings (SSSR count). The van der Waals surface area contributed by atoms with Crippen LogP contribution in [0.15, 0.2) is 48.7 Å². The molecule has 2 heterocycles. The van der Waals surface area contributed by atoms with Gasteiger partial charge < -0.3 is 4.74 Å². The number of cyclic esters (lactones) is 1. The van der Waals surface area contributed by atoms with Crippen LogP contribution in [-0.4, -0.2) is 15.7 Å². The van der Waals surface area contributed by atoms with E-state index < -0.39 is 0 Å². The Morgan fingerprint density at radius 2 is 1.84 bits per heavy atom. The Hall–Kier alpha value is -2.88. The molecule has 4 heteroatoms. The van der Waals surface area contributed by atoms with Gasteiger partial charge in [-0.3, -0.25) is 0 Å². The molecule has 0 aliphatic carbocycles. The quantitative estimate of drug-likeness (QED) is 0.656. The third-order valence-electron chi connectivity index (χ3n) is 4.64. The largest absolute Gasteiger partial charge is 0.457 e. The number of hydrogen-bond donors (Lipinski definition) is 0. The van der Waals surface area contributed by atoms with Gasteiger partial charge in [-0.2, -0.15) is 5.10 Å². The second kappa shape index (κ2) is 5.88. The first-order valence-corrected chi connectivity index (χ1v) is 8.50. The van der Waals surface area contributed by atoms with Gasteiger partial charge in [0.2, 0.25) is 0 Å². The van der Waals surface area contributed by atoms with Crippen molar-refractivity contribution in [1.82, 2.24) is 9.78 Å². The summed E-state index contributed by atoms with van der Waals surface area (Å²) in [5.74, 6) is 0.170. The molecule has 0 spiro atoms. The average molecular weight is 332 g/mol. The summed E-state index contributed by atoms with van der Waals surface area (Å²) in [6.07, 6.45) is 2.00. The van der Waals surface area contributed by atoms with Gasteiger partial charge in [0.25, 0.3) is 0 Å². The van der Waals surface area contributed by atoms with E-state index in [-0.39, 0.29) is 5.97 Å². The van der Waals surface area contributed by atoms with Crippen LogP contribution in [0.3, 0.4) is 0 Å². The fourth-order valence-corrected chi connectivity index (χ4v) is 3.27. The number of carbonyl (C=O) groups is 1. The molecule has 0 amide bonds. The van der Waals surface area contributed by atoms with Gasteiger partial charge in [-0.1, -0.05) is 32.0 Å². The number of rotatable bonds is 3. The van der Waals surface area contributed by atoms with Crippen molar-refractivity contribution >= 4 is 5.97 Å². The monoisotopic (exact) mass is 332 g/mol. The predicted molar refractivity (Wildman–Crippen MR) is 96.9 cm³/mol. The summed E-state index contributed by atoms with van der Waals surface area (Å²) in [6, 6.07) is 14.4. The predicted octanol–water partition coefficient (Wildman–Crippen LogP) is 4.64. The molecule has 0 fully saturated rings. The summed E-state index contributed by atoms with van der Waals surface area (Å²) in [4.78, 5) is 11.6. The minimum absolute atomic E-state index is 0.232. The highest BCUT2D eigenvalue weighted by molar-refractivity contribution is 5.94. The minimum Gasteiger partial charge on any atom is -0.457 e. The van der Waals surface area contributed by atoms with Crippen LogP contribution in [0.4, 0.5) is 0 Å². The standard InChI is InChI=1S/C21H20N2O2/c1-13(2)18-6-4-16(11-20(18)23-9-8-14(3)22-23)15-5-7-19-17(10-15)12-25-21(19)24/h4-11,13H,12H2,1-3H3. The fourth-order valence-electron chi connectivity index (χ4n) is 3.27. The highest BCUT2D eigenvalue weighted by atomic mass is 16.5. The lowest BCUT2D eigenvalue weighted by Crippen LogP contribution is -2.02. The molecule has 1 aliphatic rings. The third kappa shape index (κ3) is 2.74. The molecular weight excluding hydrogens is 312 g/mol. The maximum atomic E-state index is 11.6. The highest BCUT2D eigenvalue weighted by Crippen LogP contribution is 2.31. The Bertz CT molecular complexity index is 970. The molecular formula is C21H20N2O2. The van der Waals surface area contributed by atoms with Gasteiger partial charge in [-0.15, -0.1) is 0 Å². The molecule has 0 saturated carbocycles. The molecule has 0 unspecified atom stereocenters. The second-order valence-corrected chi connectivity index (χ2v) is 6.78. The maximum absolute atomic E-state index is 11.6. The number of benzene rings is 2. The van der Waals surface area contributed by atoms with Gasteiger partial charge in [0, 0.05) is 11.8 Å². The van der Waals surface area contributed by atoms with Crippen LogP contribution in [0, 0.1) is 6.92 Å². The number of esters is 1. The summed E-state index contributed by atoms with van der Waals surface area (Å²) in [5, 5.41) is 4.58. The molecule has 0 N–H and O–H groups in total. The SMILES string of the molecule is Cc1ccn(-c2cc(-c3ccc4c(c3)COC4=O)ccc2C(C)C)n1. The van der Waals surface area contributed by atoms with Crippen LogP contribution in [-0.2, 0) is 11.3 Å². The smallest absolute Gasteiger partial charge is 0.338 e. The summed E-state index contributed by atoms with van der Waals surface area (Å²) < 4.78 is 7.05. The van der Waals surface area contributed by atoms with Crippen LogP contribution in [0.2, 0.25) is 0 Å². The Labute approximate surface area is 147 Å². The fraction of sp³-hybridized carbons (Fsp3) is 0.238. The number of fused-ring (bicyclic) bond motifs is 1. The van der Waals surface area contributed by atoms with Crippen molar-refractivity contribution < 1.29 is 9.53 Å². The summed E-state index contributed by atoms with van der Waals surface area (Å²) in [6.45, 7) is 6.73. The number of hydrogen-bond acceptors (Lipinski definition) is 3. The van der Waals surface area contributed by atoms with E-state index in [1.165, 1.54) is 5.56 Å². The molecule has 25 heavy (non-hydrogen) atoms. The topological polar surface area (TPSA) is 44.1 Å². The van der Waals surface area contributed by atoms with Gasteiger partial charge in [0.15, 0.2) is 0 Å². The zero-order valence-corrected chi connectivity index (χ0v) is 14.6. The van der Waals surface area contributed by atoms with E-state index in [1.807, 2.05) is 42.1 Å². The van der Waals surface area contributed by atoms with Crippen molar-refractivity contribution in [3.8, 4) is 16.8 Å². The first kappa shape index (κ1) is 15.6. The van der Waals surface area contributed by atoms with Gasteiger partial charge in [0.1, 0.15) is 6.61 Å². The average Bonchev–Trinajstić information content (AvgIpc) is 3.20. The summed E-state index contributed by atoms with van der Waals surface area (Å²) >= 11 is 0. The van der Waals surface area contributed by atoms with E-state index in [4.69, 9.17) is 4.74 Å². The first-order chi connectivity index (χ1) is 12.0. The zero-order chi connectivity index (χ0) is 17.6. The Kier molecular flexibility index (Phi) is 3.68. The molecule has 4 nitrogen and oxygen atoms in total. The molecule has 0 atom stereocenters. The van der Waals surface area contributed by atoms with Gasteiger partial charge >= 0.3 is 5.97 Å². The Morgan fingerprint density at radius 3 is 2.56 bits per heavy atom. The number of aryl methyl sites for hydroxylation is 1. The zero-order valence-electron chi connectivity index (χ0n) is 14.6. The normalized spacial score (nSPS) is 13.2. The van der Waals surface area contributed by atoms with Gasteiger partial charge in [-0.25, -0.2) is 9.48 Å². The van der Waals surface area contributed by atoms with Crippen molar-refractivity contribution in [3.05, 3.63) is 71.0 Å². The summed E-state index contributed by atoms with van der Waals surface area (Å²) in [7, 11) is 0. The van der Waals surface area contributed by atoms with Crippen LogP contribution in [0.25, 0.3) is 16.8 Å².